The van der Waals surface area contributed by atoms with Gasteiger partial charge in [-0.2, -0.15) is 0 Å². The van der Waals surface area contributed by atoms with Crippen LogP contribution in [0.1, 0.15) is 44.9 Å². The number of carbonyl (C=O) groups excluding carboxylic acids is 1. The third-order valence-corrected chi connectivity index (χ3v) is 3.10. The second-order valence-corrected chi connectivity index (χ2v) is 5.38. The Morgan fingerprint density at radius 2 is 1.35 bits per heavy atom. The Balaban J connectivity index is 0. The standard InChI is InChI=1S/C11H19NO6.C4H9NO3/c13-7-6-8(11(17)18)12-9(14)4-2-1-3-5-10(15)16;5-3(1-2-6)4(7)8/h8,13H,1-7H2,(H,12,14)(H,15,16)(H,17,18);3,6H,1-2,5H2,(H,7,8)/t8-;3-/m00/s1. The van der Waals surface area contributed by atoms with Gasteiger partial charge in [0, 0.05) is 32.5 Å². The number of unbranched alkanes of at least 4 members (excludes halogenated alkanes) is 2. The lowest BCUT2D eigenvalue weighted by molar-refractivity contribution is -0.142. The number of hydrogen-bond donors (Lipinski definition) is 7. The Labute approximate surface area is 150 Å². The van der Waals surface area contributed by atoms with Gasteiger partial charge in [0.25, 0.3) is 0 Å². The lowest BCUT2D eigenvalue weighted by atomic mass is 10.1. The highest BCUT2D eigenvalue weighted by Gasteiger charge is 2.18. The number of nitrogens with one attached hydrogen (secondary N) is 1. The summed E-state index contributed by atoms with van der Waals surface area (Å²) < 4.78 is 0. The maximum absolute atomic E-state index is 11.4. The summed E-state index contributed by atoms with van der Waals surface area (Å²) in [4.78, 5) is 42.1. The number of rotatable bonds is 13. The van der Waals surface area contributed by atoms with Crippen molar-refractivity contribution in [2.75, 3.05) is 13.2 Å². The fourth-order valence-electron chi connectivity index (χ4n) is 1.65. The molecule has 0 bridgehead atoms. The monoisotopic (exact) mass is 380 g/mol. The van der Waals surface area contributed by atoms with E-state index in [4.69, 9.17) is 31.3 Å². The molecule has 0 saturated carbocycles. The normalized spacial score (nSPS) is 12.3. The maximum atomic E-state index is 11.4. The second-order valence-electron chi connectivity index (χ2n) is 5.38. The van der Waals surface area contributed by atoms with Crippen LogP contribution in [0.4, 0.5) is 0 Å². The lowest BCUT2D eigenvalue weighted by Gasteiger charge is -2.12. The average Bonchev–Trinajstić information content (AvgIpc) is 2.54. The van der Waals surface area contributed by atoms with Crippen molar-refractivity contribution in [2.24, 2.45) is 5.73 Å². The van der Waals surface area contributed by atoms with Crippen molar-refractivity contribution in [3.8, 4) is 0 Å². The number of carboxylic acids is 3. The van der Waals surface area contributed by atoms with E-state index in [0.717, 1.165) is 0 Å². The molecule has 0 unspecified atom stereocenters. The molecule has 2 atom stereocenters. The fraction of sp³-hybridized carbons (Fsp3) is 0.733. The van der Waals surface area contributed by atoms with Crippen LogP contribution >= 0.6 is 0 Å². The molecule has 0 aromatic heterocycles. The van der Waals surface area contributed by atoms with Gasteiger partial charge in [-0.05, 0) is 19.3 Å². The van der Waals surface area contributed by atoms with E-state index in [0.29, 0.717) is 19.3 Å². The molecule has 0 spiro atoms. The average molecular weight is 380 g/mol. The van der Waals surface area contributed by atoms with Crippen molar-refractivity contribution in [2.45, 2.75) is 57.0 Å². The Hall–Kier alpha value is -2.24. The molecule has 152 valence electrons. The highest BCUT2D eigenvalue weighted by Crippen LogP contribution is 2.03. The molecule has 0 aliphatic heterocycles. The van der Waals surface area contributed by atoms with Gasteiger partial charge in [-0.1, -0.05) is 6.42 Å². The van der Waals surface area contributed by atoms with E-state index < -0.39 is 35.9 Å². The molecule has 0 saturated heterocycles. The van der Waals surface area contributed by atoms with Crippen molar-refractivity contribution in [3.05, 3.63) is 0 Å². The van der Waals surface area contributed by atoms with Gasteiger partial charge in [-0.15, -0.1) is 0 Å². The summed E-state index contributed by atoms with van der Waals surface area (Å²) in [6, 6.07) is -1.98. The number of nitrogens with two attached hydrogens (primary N) is 1. The minimum absolute atomic E-state index is 0.0277. The number of aliphatic hydroxyl groups is 2. The topological polar surface area (TPSA) is 207 Å². The molecule has 8 N–H and O–H groups in total. The number of carbonyl (C=O) groups is 4. The van der Waals surface area contributed by atoms with Crippen LogP contribution in [0.2, 0.25) is 0 Å². The fourth-order valence-corrected chi connectivity index (χ4v) is 1.65. The Kier molecular flexibility index (Phi) is 16.2. The zero-order valence-corrected chi connectivity index (χ0v) is 14.5. The van der Waals surface area contributed by atoms with Gasteiger partial charge < -0.3 is 36.6 Å². The van der Waals surface area contributed by atoms with E-state index in [1.807, 2.05) is 0 Å². The quantitative estimate of drug-likeness (QED) is 0.189. The van der Waals surface area contributed by atoms with Crippen molar-refractivity contribution in [1.29, 1.82) is 0 Å². The molecule has 0 heterocycles. The molecule has 26 heavy (non-hydrogen) atoms. The molecule has 0 fully saturated rings. The van der Waals surface area contributed by atoms with Crippen molar-refractivity contribution in [1.82, 2.24) is 5.32 Å². The summed E-state index contributed by atoms with van der Waals surface area (Å²) >= 11 is 0. The third kappa shape index (κ3) is 16.6. The van der Waals surface area contributed by atoms with Gasteiger partial charge in [0.05, 0.1) is 0 Å². The van der Waals surface area contributed by atoms with Gasteiger partial charge in [-0.3, -0.25) is 14.4 Å². The van der Waals surface area contributed by atoms with Crippen molar-refractivity contribution < 1.29 is 44.7 Å². The van der Waals surface area contributed by atoms with Gasteiger partial charge >= 0.3 is 17.9 Å². The first kappa shape index (κ1) is 26.0. The summed E-state index contributed by atoms with van der Waals surface area (Å²) in [7, 11) is 0. The van der Waals surface area contributed by atoms with E-state index in [2.05, 4.69) is 5.32 Å². The van der Waals surface area contributed by atoms with Crippen LogP contribution < -0.4 is 11.1 Å². The molecule has 11 heteroatoms. The van der Waals surface area contributed by atoms with Gasteiger partial charge in [0.15, 0.2) is 0 Å². The molecule has 0 radical (unpaired) electrons. The molecule has 0 aromatic rings. The first-order valence-corrected chi connectivity index (χ1v) is 8.09. The molecular weight excluding hydrogens is 352 g/mol. The van der Waals surface area contributed by atoms with E-state index in [1.165, 1.54) is 0 Å². The van der Waals surface area contributed by atoms with Crippen LogP contribution in [-0.2, 0) is 19.2 Å². The minimum Gasteiger partial charge on any atom is -0.481 e. The minimum atomic E-state index is -1.18. The Morgan fingerprint density at radius 3 is 1.73 bits per heavy atom. The smallest absolute Gasteiger partial charge is 0.326 e. The Morgan fingerprint density at radius 1 is 0.808 bits per heavy atom. The highest BCUT2D eigenvalue weighted by molar-refractivity contribution is 5.83. The molecular formula is C15H28N2O9. The predicted molar refractivity (Wildman–Crippen MR) is 89.3 cm³/mol. The van der Waals surface area contributed by atoms with Gasteiger partial charge in [0.2, 0.25) is 5.91 Å². The van der Waals surface area contributed by atoms with E-state index in [9.17, 15) is 19.2 Å². The summed E-state index contributed by atoms with van der Waals surface area (Å²) in [5.74, 6) is -3.51. The van der Waals surface area contributed by atoms with E-state index >= 15 is 0 Å². The SMILES string of the molecule is N[C@@H](CCO)C(=O)O.O=C(O)CCCCCC(=O)N[C@@H](CCO)C(=O)O. The predicted octanol–water partition coefficient (Wildman–Crippen LogP) is -1.25. The molecule has 0 aliphatic rings. The lowest BCUT2D eigenvalue weighted by Crippen LogP contribution is -2.41. The van der Waals surface area contributed by atoms with E-state index in [-0.39, 0.29) is 38.9 Å². The number of aliphatic hydroxyl groups excluding tert-OH is 2. The highest BCUT2D eigenvalue weighted by atomic mass is 16.4. The van der Waals surface area contributed by atoms with Crippen LogP contribution in [0.5, 0.6) is 0 Å². The molecule has 0 aromatic carbocycles. The molecule has 11 nitrogen and oxygen atoms in total. The summed E-state index contributed by atoms with van der Waals surface area (Å²) in [6.45, 7) is -0.483. The van der Waals surface area contributed by atoms with E-state index in [1.54, 1.807) is 0 Å². The van der Waals surface area contributed by atoms with Crippen molar-refractivity contribution in [3.63, 3.8) is 0 Å². The van der Waals surface area contributed by atoms with Crippen molar-refractivity contribution >= 4 is 23.8 Å². The molecule has 0 aliphatic carbocycles. The van der Waals surface area contributed by atoms with Crippen LogP contribution in [0, 0.1) is 0 Å². The zero-order valence-electron chi connectivity index (χ0n) is 14.5. The number of carboxylic acid groups (broad SMARTS) is 3. The summed E-state index contributed by atoms with van der Waals surface area (Å²) in [5, 5.41) is 44.3. The molecule has 1 amide bonds. The van der Waals surface area contributed by atoms with Crippen LogP contribution in [-0.4, -0.2) is 74.6 Å². The summed E-state index contributed by atoms with van der Waals surface area (Å²) in [6.07, 6.45) is 1.96. The molecule has 0 rings (SSSR count). The first-order chi connectivity index (χ1) is 12.1. The number of amides is 1. The maximum Gasteiger partial charge on any atom is 0.326 e. The first-order valence-electron chi connectivity index (χ1n) is 8.09. The van der Waals surface area contributed by atoms with Crippen LogP contribution in [0.3, 0.4) is 0 Å². The van der Waals surface area contributed by atoms with Crippen LogP contribution in [0.25, 0.3) is 0 Å². The largest absolute Gasteiger partial charge is 0.481 e. The van der Waals surface area contributed by atoms with Gasteiger partial charge in [0.1, 0.15) is 12.1 Å². The Bertz CT molecular complexity index is 443. The third-order valence-electron chi connectivity index (χ3n) is 3.10. The number of hydrogen-bond acceptors (Lipinski definition) is 7. The number of aliphatic carboxylic acids is 3. The van der Waals surface area contributed by atoms with Crippen LogP contribution in [0.15, 0.2) is 0 Å². The van der Waals surface area contributed by atoms with Gasteiger partial charge in [-0.25, -0.2) is 4.79 Å². The second kappa shape index (κ2) is 16.2. The summed E-state index contributed by atoms with van der Waals surface area (Å²) in [5.41, 5.74) is 4.97. The zero-order chi connectivity index (χ0) is 20.5.